The average Bonchev–Trinajstić information content (AvgIpc) is 2.43. The zero-order valence-electron chi connectivity index (χ0n) is 8.58. The van der Waals surface area contributed by atoms with Gasteiger partial charge < -0.3 is 4.57 Å². The predicted molar refractivity (Wildman–Crippen MR) is 59.8 cm³/mol. The maximum absolute atomic E-state index is 8.66. The maximum Gasteiger partial charge on any atom is 0.123 e. The lowest BCUT2D eigenvalue weighted by molar-refractivity contribution is 0.855. The third kappa shape index (κ3) is 1.57. The second kappa shape index (κ2) is 3.56. The molecule has 76 valence electrons. The SMILES string of the molecule is Cc1cc(Cl)cc2nc(CC#N)n(C)c12. The number of nitriles is 1. The molecular formula is C11H10ClN3. The maximum atomic E-state index is 8.66. The molecule has 0 spiro atoms. The summed E-state index contributed by atoms with van der Waals surface area (Å²) in [6.45, 7) is 1.99. The van der Waals surface area contributed by atoms with Crippen LogP contribution in [0.2, 0.25) is 5.02 Å². The Bertz CT molecular complexity index is 563. The van der Waals surface area contributed by atoms with Crippen LogP contribution in [-0.2, 0) is 13.5 Å². The van der Waals surface area contributed by atoms with E-state index in [-0.39, 0.29) is 0 Å². The number of rotatable bonds is 1. The van der Waals surface area contributed by atoms with Gasteiger partial charge in [0.25, 0.3) is 0 Å². The van der Waals surface area contributed by atoms with Gasteiger partial charge in [-0.2, -0.15) is 5.26 Å². The first-order valence-electron chi connectivity index (χ1n) is 4.62. The van der Waals surface area contributed by atoms with Crippen LogP contribution < -0.4 is 0 Å². The summed E-state index contributed by atoms with van der Waals surface area (Å²) in [4.78, 5) is 4.38. The van der Waals surface area contributed by atoms with E-state index in [4.69, 9.17) is 16.9 Å². The fraction of sp³-hybridized carbons (Fsp3) is 0.273. The summed E-state index contributed by atoms with van der Waals surface area (Å²) >= 11 is 5.95. The summed E-state index contributed by atoms with van der Waals surface area (Å²) in [5, 5.41) is 9.35. The molecule has 0 atom stereocenters. The molecule has 0 saturated heterocycles. The topological polar surface area (TPSA) is 41.6 Å². The number of halogens is 1. The molecule has 4 heteroatoms. The molecule has 0 saturated carbocycles. The van der Waals surface area contributed by atoms with E-state index in [9.17, 15) is 0 Å². The van der Waals surface area contributed by atoms with Crippen molar-refractivity contribution in [1.29, 1.82) is 5.26 Å². The molecule has 0 amide bonds. The van der Waals surface area contributed by atoms with Crippen molar-refractivity contribution in [2.75, 3.05) is 0 Å². The second-order valence-electron chi connectivity index (χ2n) is 3.51. The van der Waals surface area contributed by atoms with Gasteiger partial charge in [-0.1, -0.05) is 11.6 Å². The molecule has 1 heterocycles. The molecule has 0 aliphatic carbocycles. The smallest absolute Gasteiger partial charge is 0.123 e. The van der Waals surface area contributed by atoms with Gasteiger partial charge in [-0.3, -0.25) is 0 Å². The molecule has 0 unspecified atom stereocenters. The molecule has 1 aromatic carbocycles. The van der Waals surface area contributed by atoms with Crippen LogP contribution in [0.5, 0.6) is 0 Å². The van der Waals surface area contributed by atoms with Gasteiger partial charge in [0.05, 0.1) is 23.5 Å². The highest BCUT2D eigenvalue weighted by Gasteiger charge is 2.10. The minimum atomic E-state index is 0.322. The first-order chi connectivity index (χ1) is 7.13. The number of benzene rings is 1. The van der Waals surface area contributed by atoms with Gasteiger partial charge >= 0.3 is 0 Å². The first-order valence-corrected chi connectivity index (χ1v) is 4.99. The van der Waals surface area contributed by atoms with Crippen molar-refractivity contribution >= 4 is 22.6 Å². The summed E-state index contributed by atoms with van der Waals surface area (Å²) in [6.07, 6.45) is 0.322. The lowest BCUT2D eigenvalue weighted by Gasteiger charge is -2.01. The van der Waals surface area contributed by atoms with Crippen LogP contribution in [0, 0.1) is 18.3 Å². The number of hydrogen-bond acceptors (Lipinski definition) is 2. The van der Waals surface area contributed by atoms with Crippen LogP contribution in [0.3, 0.4) is 0 Å². The Hall–Kier alpha value is -1.53. The molecule has 0 N–H and O–H groups in total. The Morgan fingerprint density at radius 2 is 2.27 bits per heavy atom. The number of fused-ring (bicyclic) bond motifs is 1. The van der Waals surface area contributed by atoms with E-state index in [0.717, 1.165) is 22.4 Å². The first kappa shape index (κ1) is 10.0. The largest absolute Gasteiger partial charge is 0.330 e. The quantitative estimate of drug-likeness (QED) is 0.740. The normalized spacial score (nSPS) is 10.5. The van der Waals surface area contributed by atoms with Gasteiger partial charge in [0, 0.05) is 12.1 Å². The molecule has 2 aromatic rings. The van der Waals surface area contributed by atoms with Gasteiger partial charge in [-0.15, -0.1) is 0 Å². The molecule has 2 rings (SSSR count). The Balaban J connectivity index is 2.77. The summed E-state index contributed by atoms with van der Waals surface area (Å²) in [6, 6.07) is 5.83. The van der Waals surface area contributed by atoms with Crippen LogP contribution >= 0.6 is 11.6 Å². The molecule has 1 aromatic heterocycles. The van der Waals surface area contributed by atoms with Gasteiger partial charge in [-0.05, 0) is 24.6 Å². The van der Waals surface area contributed by atoms with Gasteiger partial charge in [-0.25, -0.2) is 4.98 Å². The van der Waals surface area contributed by atoms with E-state index >= 15 is 0 Å². The summed E-state index contributed by atoms with van der Waals surface area (Å²) in [5.41, 5.74) is 2.98. The fourth-order valence-electron chi connectivity index (χ4n) is 1.81. The molecule has 0 bridgehead atoms. The van der Waals surface area contributed by atoms with E-state index in [0.29, 0.717) is 11.4 Å². The van der Waals surface area contributed by atoms with Gasteiger partial charge in [0.2, 0.25) is 0 Å². The molecule has 0 aliphatic heterocycles. The highest BCUT2D eigenvalue weighted by Crippen LogP contribution is 2.23. The standard InChI is InChI=1S/C11H10ClN3/c1-7-5-8(12)6-9-11(7)15(2)10(14-9)3-4-13/h5-6H,3H2,1-2H3. The van der Waals surface area contributed by atoms with E-state index < -0.39 is 0 Å². The lowest BCUT2D eigenvalue weighted by Crippen LogP contribution is -1.96. The molecular weight excluding hydrogens is 210 g/mol. The van der Waals surface area contributed by atoms with Crippen LogP contribution in [0.1, 0.15) is 11.4 Å². The number of aryl methyl sites for hydroxylation is 2. The zero-order valence-corrected chi connectivity index (χ0v) is 9.34. The van der Waals surface area contributed by atoms with Crippen LogP contribution in [-0.4, -0.2) is 9.55 Å². The molecule has 0 aliphatic rings. The van der Waals surface area contributed by atoms with Crippen molar-refractivity contribution in [2.45, 2.75) is 13.3 Å². The lowest BCUT2D eigenvalue weighted by atomic mass is 10.2. The third-order valence-electron chi connectivity index (χ3n) is 2.45. The number of hydrogen-bond donors (Lipinski definition) is 0. The zero-order chi connectivity index (χ0) is 11.0. The third-order valence-corrected chi connectivity index (χ3v) is 2.67. The average molecular weight is 220 g/mol. The van der Waals surface area contributed by atoms with E-state index in [1.54, 1.807) is 0 Å². The van der Waals surface area contributed by atoms with Crippen molar-refractivity contribution in [3.05, 3.63) is 28.5 Å². The van der Waals surface area contributed by atoms with Crippen molar-refractivity contribution < 1.29 is 0 Å². The molecule has 3 nitrogen and oxygen atoms in total. The highest BCUT2D eigenvalue weighted by atomic mass is 35.5. The summed E-state index contributed by atoms with van der Waals surface area (Å²) in [7, 11) is 1.92. The van der Waals surface area contributed by atoms with E-state index in [2.05, 4.69) is 11.1 Å². The van der Waals surface area contributed by atoms with Crippen molar-refractivity contribution in [2.24, 2.45) is 7.05 Å². The Morgan fingerprint density at radius 3 is 2.93 bits per heavy atom. The van der Waals surface area contributed by atoms with Crippen molar-refractivity contribution in [3.8, 4) is 6.07 Å². The minimum absolute atomic E-state index is 0.322. The van der Waals surface area contributed by atoms with Crippen LogP contribution in [0.4, 0.5) is 0 Å². The van der Waals surface area contributed by atoms with Gasteiger partial charge in [0.1, 0.15) is 5.82 Å². The van der Waals surface area contributed by atoms with Crippen molar-refractivity contribution in [3.63, 3.8) is 0 Å². The van der Waals surface area contributed by atoms with E-state index in [1.165, 1.54) is 0 Å². The Morgan fingerprint density at radius 1 is 1.53 bits per heavy atom. The summed E-state index contributed by atoms with van der Waals surface area (Å²) in [5.74, 6) is 0.776. The highest BCUT2D eigenvalue weighted by molar-refractivity contribution is 6.31. The molecule has 0 fully saturated rings. The number of aromatic nitrogens is 2. The van der Waals surface area contributed by atoms with E-state index in [1.807, 2.05) is 30.7 Å². The number of nitrogens with zero attached hydrogens (tertiary/aromatic N) is 3. The van der Waals surface area contributed by atoms with Crippen molar-refractivity contribution in [1.82, 2.24) is 9.55 Å². The van der Waals surface area contributed by atoms with Crippen LogP contribution in [0.25, 0.3) is 11.0 Å². The second-order valence-corrected chi connectivity index (χ2v) is 3.95. The summed E-state index contributed by atoms with van der Waals surface area (Å²) < 4.78 is 1.95. The number of imidazole rings is 1. The monoisotopic (exact) mass is 219 g/mol. The Labute approximate surface area is 92.9 Å². The van der Waals surface area contributed by atoms with Gasteiger partial charge in [0.15, 0.2) is 0 Å². The molecule has 15 heavy (non-hydrogen) atoms. The fourth-order valence-corrected chi connectivity index (χ4v) is 2.08. The molecule has 0 radical (unpaired) electrons. The van der Waals surface area contributed by atoms with Crippen LogP contribution in [0.15, 0.2) is 12.1 Å². The minimum Gasteiger partial charge on any atom is -0.330 e. The predicted octanol–water partition coefficient (Wildman–Crippen LogP) is 2.60. The Kier molecular flexibility index (Phi) is 2.37.